The molecule has 5 rings (SSSR count). The number of pyridine rings is 1. The molecule has 0 spiro atoms. The van der Waals surface area contributed by atoms with Crippen LogP contribution in [0.2, 0.25) is 0 Å². The van der Waals surface area contributed by atoms with E-state index in [0.29, 0.717) is 5.39 Å². The first kappa shape index (κ1) is 17.6. The fourth-order valence-corrected chi connectivity index (χ4v) is 4.20. The molecule has 3 N–H and O–H groups in total. The highest BCUT2D eigenvalue weighted by Crippen LogP contribution is 2.45. The van der Waals surface area contributed by atoms with Crippen molar-refractivity contribution >= 4 is 16.5 Å². The molecular weight excluding hydrogens is 362 g/mol. The number of anilines is 1. The minimum absolute atomic E-state index is 0.0808. The second-order valence-corrected chi connectivity index (χ2v) is 7.29. The average molecular weight is 383 g/mol. The number of rotatable bonds is 4. The van der Waals surface area contributed by atoms with Gasteiger partial charge in [0.2, 0.25) is 0 Å². The maximum absolute atomic E-state index is 12.4. The van der Waals surface area contributed by atoms with Gasteiger partial charge in [0.05, 0.1) is 28.7 Å². The molecule has 0 fully saturated rings. The van der Waals surface area contributed by atoms with E-state index < -0.39 is 0 Å². The monoisotopic (exact) mass is 383 g/mol. The highest BCUT2D eigenvalue weighted by atomic mass is 16.1. The third-order valence-corrected chi connectivity index (χ3v) is 5.51. The van der Waals surface area contributed by atoms with Crippen LogP contribution in [0.3, 0.4) is 0 Å². The number of nitrogens with zero attached hydrogens (tertiary/aromatic N) is 2. The summed E-state index contributed by atoms with van der Waals surface area (Å²) in [6, 6.07) is 20.1. The van der Waals surface area contributed by atoms with Crippen molar-refractivity contribution in [3.63, 3.8) is 0 Å². The van der Waals surface area contributed by atoms with E-state index in [4.69, 9.17) is 0 Å². The van der Waals surface area contributed by atoms with E-state index in [2.05, 4.69) is 50.1 Å². The van der Waals surface area contributed by atoms with Crippen LogP contribution in [-0.2, 0) is 6.54 Å². The molecule has 2 atom stereocenters. The SMILES string of the molecule is CNCc1ccc(C2c3n[nH]c(=O)c4cccc(c34)NC2c2ccccn2)cc1. The standard InChI is InChI=1S/C23H21N5O/c1-24-13-14-8-10-15(11-9-14)19-21(18-6-2-3-12-25-18)26-17-7-4-5-16-20(17)22(19)27-28-23(16)29/h2-12,19,21,24,26H,13H2,1H3,(H,28,29). The Morgan fingerprint density at radius 1 is 1.03 bits per heavy atom. The van der Waals surface area contributed by atoms with E-state index in [0.717, 1.165) is 34.6 Å². The molecule has 0 amide bonds. The van der Waals surface area contributed by atoms with Crippen LogP contribution in [0.25, 0.3) is 10.8 Å². The summed E-state index contributed by atoms with van der Waals surface area (Å²) in [5.41, 5.74) is 4.89. The fraction of sp³-hybridized carbons (Fsp3) is 0.174. The Bertz CT molecular complexity index is 1220. The van der Waals surface area contributed by atoms with E-state index >= 15 is 0 Å². The van der Waals surface area contributed by atoms with Gasteiger partial charge in [-0.1, -0.05) is 36.4 Å². The third kappa shape index (κ3) is 2.98. The number of hydrogen-bond donors (Lipinski definition) is 3. The summed E-state index contributed by atoms with van der Waals surface area (Å²) in [7, 11) is 1.94. The molecule has 0 saturated heterocycles. The molecular formula is C23H21N5O. The summed E-state index contributed by atoms with van der Waals surface area (Å²) < 4.78 is 0. The van der Waals surface area contributed by atoms with Crippen molar-refractivity contribution in [3.8, 4) is 0 Å². The molecule has 2 aromatic heterocycles. The minimum Gasteiger partial charge on any atom is -0.375 e. The number of nitrogens with one attached hydrogen (secondary N) is 3. The van der Waals surface area contributed by atoms with Crippen molar-refractivity contribution in [2.75, 3.05) is 12.4 Å². The molecule has 144 valence electrons. The Morgan fingerprint density at radius 3 is 2.66 bits per heavy atom. The molecule has 0 radical (unpaired) electrons. The van der Waals surface area contributed by atoms with Crippen molar-refractivity contribution in [1.29, 1.82) is 0 Å². The van der Waals surface area contributed by atoms with Gasteiger partial charge in [-0.25, -0.2) is 5.10 Å². The van der Waals surface area contributed by atoms with Crippen LogP contribution < -0.4 is 16.2 Å². The van der Waals surface area contributed by atoms with E-state index in [1.807, 2.05) is 43.4 Å². The Balaban J connectivity index is 1.73. The molecule has 4 aromatic rings. The molecule has 6 nitrogen and oxygen atoms in total. The van der Waals surface area contributed by atoms with Gasteiger partial charge < -0.3 is 10.6 Å². The van der Waals surface area contributed by atoms with Crippen LogP contribution in [0.15, 0.2) is 71.7 Å². The molecule has 1 aliphatic heterocycles. The van der Waals surface area contributed by atoms with Gasteiger partial charge in [-0.3, -0.25) is 9.78 Å². The molecule has 3 heterocycles. The van der Waals surface area contributed by atoms with Crippen LogP contribution in [0.5, 0.6) is 0 Å². The van der Waals surface area contributed by atoms with Crippen molar-refractivity contribution < 1.29 is 0 Å². The fourth-order valence-electron chi connectivity index (χ4n) is 4.20. The highest BCUT2D eigenvalue weighted by molar-refractivity contribution is 5.97. The minimum atomic E-state index is -0.174. The molecule has 1 aliphatic rings. The summed E-state index contributed by atoms with van der Waals surface area (Å²) in [5.74, 6) is -0.0808. The lowest BCUT2D eigenvalue weighted by Gasteiger charge is -2.34. The van der Waals surface area contributed by atoms with E-state index in [1.54, 1.807) is 6.20 Å². The van der Waals surface area contributed by atoms with Crippen molar-refractivity contribution in [2.24, 2.45) is 0 Å². The summed E-state index contributed by atoms with van der Waals surface area (Å²) in [4.78, 5) is 17.0. The number of aromatic amines is 1. The van der Waals surface area contributed by atoms with Gasteiger partial charge >= 0.3 is 0 Å². The summed E-state index contributed by atoms with van der Waals surface area (Å²) in [6.45, 7) is 0.816. The van der Waals surface area contributed by atoms with Crippen molar-refractivity contribution in [2.45, 2.75) is 18.5 Å². The highest BCUT2D eigenvalue weighted by Gasteiger charge is 2.35. The second-order valence-electron chi connectivity index (χ2n) is 7.29. The second kappa shape index (κ2) is 7.14. The maximum atomic E-state index is 12.4. The molecule has 2 unspecified atom stereocenters. The summed E-state index contributed by atoms with van der Waals surface area (Å²) >= 11 is 0. The predicted molar refractivity (Wildman–Crippen MR) is 114 cm³/mol. The van der Waals surface area contributed by atoms with Gasteiger partial charge in [-0.2, -0.15) is 5.10 Å². The van der Waals surface area contributed by atoms with Gasteiger partial charge in [0.15, 0.2) is 0 Å². The smallest absolute Gasteiger partial charge is 0.272 e. The summed E-state index contributed by atoms with van der Waals surface area (Å²) in [6.07, 6.45) is 1.81. The quantitative estimate of drug-likeness (QED) is 0.503. The first-order valence-electron chi connectivity index (χ1n) is 9.68. The van der Waals surface area contributed by atoms with Crippen LogP contribution >= 0.6 is 0 Å². The van der Waals surface area contributed by atoms with Gasteiger partial charge in [0, 0.05) is 23.8 Å². The maximum Gasteiger partial charge on any atom is 0.272 e. The Hall–Kier alpha value is -3.51. The van der Waals surface area contributed by atoms with Crippen LogP contribution in [0, 0.1) is 0 Å². The average Bonchev–Trinajstić information content (AvgIpc) is 2.77. The molecule has 6 heteroatoms. The summed E-state index contributed by atoms with van der Waals surface area (Å²) in [5, 5.41) is 15.5. The largest absolute Gasteiger partial charge is 0.375 e. The van der Waals surface area contributed by atoms with E-state index in [-0.39, 0.29) is 17.5 Å². The van der Waals surface area contributed by atoms with Crippen LogP contribution in [0.1, 0.15) is 34.5 Å². The molecule has 2 aromatic carbocycles. The Kier molecular flexibility index (Phi) is 4.33. The normalized spacial score (nSPS) is 17.8. The van der Waals surface area contributed by atoms with Crippen LogP contribution in [-0.4, -0.2) is 22.2 Å². The number of aromatic nitrogens is 3. The lowest BCUT2D eigenvalue weighted by atomic mass is 9.81. The lowest BCUT2D eigenvalue weighted by Crippen LogP contribution is -2.28. The number of H-pyrrole nitrogens is 1. The number of benzene rings is 2. The molecule has 29 heavy (non-hydrogen) atoms. The Labute approximate surface area is 168 Å². The van der Waals surface area contributed by atoms with Gasteiger partial charge in [0.1, 0.15) is 0 Å². The first-order chi connectivity index (χ1) is 14.3. The first-order valence-corrected chi connectivity index (χ1v) is 9.68. The van der Waals surface area contributed by atoms with Crippen LogP contribution in [0.4, 0.5) is 5.69 Å². The van der Waals surface area contributed by atoms with Gasteiger partial charge in [-0.15, -0.1) is 0 Å². The van der Waals surface area contributed by atoms with E-state index in [9.17, 15) is 4.79 Å². The zero-order valence-corrected chi connectivity index (χ0v) is 16.0. The van der Waals surface area contributed by atoms with Gasteiger partial charge in [0.25, 0.3) is 5.56 Å². The van der Waals surface area contributed by atoms with Crippen molar-refractivity contribution in [3.05, 3.63) is 99.7 Å². The molecule has 0 aliphatic carbocycles. The lowest BCUT2D eigenvalue weighted by molar-refractivity contribution is 0.623. The molecule has 0 saturated carbocycles. The van der Waals surface area contributed by atoms with Crippen molar-refractivity contribution in [1.82, 2.24) is 20.5 Å². The zero-order valence-electron chi connectivity index (χ0n) is 16.0. The topological polar surface area (TPSA) is 82.7 Å². The predicted octanol–water partition coefficient (Wildman–Crippen LogP) is 3.34. The Morgan fingerprint density at radius 2 is 1.90 bits per heavy atom. The third-order valence-electron chi connectivity index (χ3n) is 5.51. The number of hydrogen-bond acceptors (Lipinski definition) is 5. The van der Waals surface area contributed by atoms with Gasteiger partial charge in [-0.05, 0) is 42.4 Å². The van der Waals surface area contributed by atoms with E-state index in [1.165, 1.54) is 5.56 Å². The zero-order chi connectivity index (χ0) is 19.8. The molecule has 0 bridgehead atoms.